The van der Waals surface area contributed by atoms with Crippen LogP contribution < -0.4 is 4.74 Å². The number of aromatic carboxylic acids is 1. The first-order valence-electron chi connectivity index (χ1n) is 5.42. The highest BCUT2D eigenvalue weighted by molar-refractivity contribution is 5.88. The summed E-state index contributed by atoms with van der Waals surface area (Å²) < 4.78 is 43.4. The molecule has 1 rings (SSSR count). The summed E-state index contributed by atoms with van der Waals surface area (Å²) in [4.78, 5) is 10.7. The van der Waals surface area contributed by atoms with Crippen LogP contribution >= 0.6 is 0 Å². The van der Waals surface area contributed by atoms with Crippen molar-refractivity contribution >= 4 is 5.97 Å². The van der Waals surface area contributed by atoms with Gasteiger partial charge in [-0.15, -0.1) is 0 Å². The Balaban J connectivity index is 3.20. The van der Waals surface area contributed by atoms with Gasteiger partial charge in [0.15, 0.2) is 0 Å². The molecule has 4 nitrogen and oxygen atoms in total. The molecule has 0 saturated carbocycles. The Morgan fingerprint density at radius 1 is 1.32 bits per heavy atom. The third kappa shape index (κ3) is 3.85. The molecular formula is C12H13F3O4. The Hall–Kier alpha value is -1.76. The van der Waals surface area contributed by atoms with Gasteiger partial charge in [0.2, 0.25) is 0 Å². The number of hydrogen-bond acceptors (Lipinski definition) is 3. The number of aliphatic hydroxyl groups is 1. The van der Waals surface area contributed by atoms with Gasteiger partial charge in [-0.2, -0.15) is 13.2 Å². The lowest BCUT2D eigenvalue weighted by Crippen LogP contribution is -2.26. The first kappa shape index (κ1) is 15.3. The predicted molar refractivity (Wildman–Crippen MR) is 60.2 cm³/mol. The molecular weight excluding hydrogens is 265 g/mol. The van der Waals surface area contributed by atoms with Gasteiger partial charge in [0.05, 0.1) is 17.2 Å². The minimum absolute atomic E-state index is 0.482. The fourth-order valence-corrected chi connectivity index (χ4v) is 1.29. The molecule has 0 amide bonds. The van der Waals surface area contributed by atoms with Crippen molar-refractivity contribution in [3.05, 3.63) is 29.3 Å². The van der Waals surface area contributed by atoms with Crippen LogP contribution in [-0.4, -0.2) is 28.4 Å². The van der Waals surface area contributed by atoms with E-state index < -0.39 is 41.2 Å². The molecule has 0 spiro atoms. The fraction of sp³-hybridized carbons (Fsp3) is 0.417. The van der Waals surface area contributed by atoms with Gasteiger partial charge in [-0.1, -0.05) is 0 Å². The zero-order valence-corrected chi connectivity index (χ0v) is 10.2. The lowest BCUT2D eigenvalue weighted by molar-refractivity contribution is -0.139. The summed E-state index contributed by atoms with van der Waals surface area (Å²) in [6.45, 7) is 2.79. The molecule has 0 heterocycles. The summed E-state index contributed by atoms with van der Waals surface area (Å²) in [5.74, 6) is -1.97. The molecule has 0 aliphatic carbocycles. The monoisotopic (exact) mass is 278 g/mol. The van der Waals surface area contributed by atoms with Crippen molar-refractivity contribution in [2.75, 3.05) is 0 Å². The van der Waals surface area contributed by atoms with Crippen molar-refractivity contribution in [3.8, 4) is 5.75 Å². The first-order chi connectivity index (χ1) is 8.62. The second-order valence-corrected chi connectivity index (χ2v) is 4.08. The quantitative estimate of drug-likeness (QED) is 0.888. The number of carbonyl (C=O) groups is 1. The Labute approximate surface area is 107 Å². The third-order valence-corrected chi connectivity index (χ3v) is 2.52. The average Bonchev–Trinajstić information content (AvgIpc) is 2.27. The van der Waals surface area contributed by atoms with Gasteiger partial charge in [0.25, 0.3) is 0 Å². The molecule has 19 heavy (non-hydrogen) atoms. The molecule has 0 bridgehead atoms. The minimum Gasteiger partial charge on any atom is -0.487 e. The highest BCUT2D eigenvalue weighted by Gasteiger charge is 2.35. The summed E-state index contributed by atoms with van der Waals surface area (Å²) in [6, 6.07) is 2.46. The van der Waals surface area contributed by atoms with Crippen LogP contribution in [0.3, 0.4) is 0 Å². The van der Waals surface area contributed by atoms with E-state index in [0.29, 0.717) is 6.07 Å². The first-order valence-corrected chi connectivity index (χ1v) is 5.42. The topological polar surface area (TPSA) is 66.8 Å². The fourth-order valence-electron chi connectivity index (χ4n) is 1.29. The van der Waals surface area contributed by atoms with Crippen LogP contribution in [-0.2, 0) is 6.18 Å². The zero-order valence-electron chi connectivity index (χ0n) is 10.2. The van der Waals surface area contributed by atoms with E-state index in [-0.39, 0.29) is 0 Å². The lowest BCUT2D eigenvalue weighted by atomic mass is 10.1. The molecule has 2 N–H and O–H groups in total. The Bertz CT molecular complexity index is 469. The molecule has 2 unspecified atom stereocenters. The maximum absolute atomic E-state index is 12.8. The highest BCUT2D eigenvalue weighted by atomic mass is 19.4. The van der Waals surface area contributed by atoms with Gasteiger partial charge in [-0.3, -0.25) is 0 Å². The Morgan fingerprint density at radius 3 is 2.32 bits per heavy atom. The minimum atomic E-state index is -4.74. The number of aliphatic hydroxyl groups excluding tert-OH is 1. The van der Waals surface area contributed by atoms with Crippen LogP contribution in [0.5, 0.6) is 5.75 Å². The summed E-state index contributed by atoms with van der Waals surface area (Å²) in [6.07, 6.45) is -6.55. The van der Waals surface area contributed by atoms with E-state index in [1.54, 1.807) is 0 Å². The van der Waals surface area contributed by atoms with E-state index in [4.69, 9.17) is 9.84 Å². The van der Waals surface area contributed by atoms with Crippen LogP contribution in [0.2, 0.25) is 0 Å². The number of rotatable bonds is 4. The maximum Gasteiger partial charge on any atom is 0.419 e. The van der Waals surface area contributed by atoms with Crippen molar-refractivity contribution in [1.82, 2.24) is 0 Å². The molecule has 0 fully saturated rings. The number of ether oxygens (including phenoxy) is 1. The molecule has 0 saturated heterocycles. The van der Waals surface area contributed by atoms with Crippen LogP contribution in [0.15, 0.2) is 18.2 Å². The van der Waals surface area contributed by atoms with E-state index >= 15 is 0 Å². The molecule has 0 aromatic heterocycles. The van der Waals surface area contributed by atoms with E-state index in [9.17, 15) is 23.1 Å². The largest absolute Gasteiger partial charge is 0.487 e. The van der Waals surface area contributed by atoms with Crippen LogP contribution in [0, 0.1) is 0 Å². The van der Waals surface area contributed by atoms with Crippen molar-refractivity contribution in [1.29, 1.82) is 0 Å². The molecule has 0 aliphatic rings. The average molecular weight is 278 g/mol. The highest BCUT2D eigenvalue weighted by Crippen LogP contribution is 2.37. The second-order valence-electron chi connectivity index (χ2n) is 4.08. The van der Waals surface area contributed by atoms with Gasteiger partial charge in [0, 0.05) is 0 Å². The number of carboxylic acid groups (broad SMARTS) is 1. The normalized spacial score (nSPS) is 14.8. The van der Waals surface area contributed by atoms with Crippen LogP contribution in [0.1, 0.15) is 29.8 Å². The smallest absolute Gasteiger partial charge is 0.419 e. The van der Waals surface area contributed by atoms with Crippen molar-refractivity contribution in [2.24, 2.45) is 0 Å². The molecule has 0 aliphatic heterocycles. The van der Waals surface area contributed by atoms with E-state index in [1.165, 1.54) is 13.8 Å². The molecule has 106 valence electrons. The SMILES string of the molecule is CC(O)C(C)Oc1ccc(C(=O)O)cc1C(F)(F)F. The standard InChI is InChI=1S/C12H13F3O4/c1-6(16)7(2)19-10-4-3-8(11(17)18)5-9(10)12(13,14)15/h3-7,16H,1-2H3,(H,17,18). The van der Waals surface area contributed by atoms with Crippen molar-refractivity contribution < 1.29 is 32.9 Å². The number of carboxylic acids is 1. The third-order valence-electron chi connectivity index (χ3n) is 2.52. The summed E-state index contributed by atoms with van der Waals surface area (Å²) >= 11 is 0. The molecule has 7 heteroatoms. The van der Waals surface area contributed by atoms with Crippen molar-refractivity contribution in [3.63, 3.8) is 0 Å². The van der Waals surface area contributed by atoms with E-state index in [2.05, 4.69) is 0 Å². The maximum atomic E-state index is 12.8. The molecule has 1 aromatic rings. The van der Waals surface area contributed by atoms with Gasteiger partial charge in [0.1, 0.15) is 11.9 Å². The van der Waals surface area contributed by atoms with Gasteiger partial charge < -0.3 is 14.9 Å². The number of alkyl halides is 3. The summed E-state index contributed by atoms with van der Waals surface area (Å²) in [7, 11) is 0. The van der Waals surface area contributed by atoms with Gasteiger partial charge in [-0.05, 0) is 32.0 Å². The van der Waals surface area contributed by atoms with E-state index in [1.807, 2.05) is 0 Å². The second kappa shape index (κ2) is 5.48. The predicted octanol–water partition coefficient (Wildman–Crippen LogP) is 2.55. The van der Waals surface area contributed by atoms with E-state index in [0.717, 1.165) is 12.1 Å². The number of hydrogen-bond donors (Lipinski definition) is 2. The lowest BCUT2D eigenvalue weighted by Gasteiger charge is -2.20. The molecule has 0 radical (unpaired) electrons. The molecule has 1 aromatic carbocycles. The zero-order chi connectivity index (χ0) is 14.8. The van der Waals surface area contributed by atoms with Gasteiger partial charge >= 0.3 is 12.1 Å². The van der Waals surface area contributed by atoms with Crippen molar-refractivity contribution in [2.45, 2.75) is 32.2 Å². The van der Waals surface area contributed by atoms with Crippen LogP contribution in [0.25, 0.3) is 0 Å². The summed E-state index contributed by atoms with van der Waals surface area (Å²) in [5.41, 5.74) is -1.66. The van der Waals surface area contributed by atoms with Gasteiger partial charge in [-0.25, -0.2) is 4.79 Å². The Kier molecular flexibility index (Phi) is 4.41. The van der Waals surface area contributed by atoms with Crippen LogP contribution in [0.4, 0.5) is 13.2 Å². The number of benzene rings is 1. The number of halogens is 3. The summed E-state index contributed by atoms with van der Waals surface area (Å²) in [5, 5.41) is 17.9. The Morgan fingerprint density at radius 2 is 1.89 bits per heavy atom. The molecule has 2 atom stereocenters.